The second kappa shape index (κ2) is 9.04. The Kier molecular flexibility index (Phi) is 6.26. The fourth-order valence-corrected chi connectivity index (χ4v) is 3.68. The third kappa shape index (κ3) is 5.78. The van der Waals surface area contributed by atoms with Crippen LogP contribution < -0.4 is 10.1 Å². The van der Waals surface area contributed by atoms with Gasteiger partial charge in [-0.25, -0.2) is 13.6 Å². The molecule has 0 radical (unpaired) electrons. The van der Waals surface area contributed by atoms with Crippen molar-refractivity contribution in [3.63, 3.8) is 0 Å². The maximum absolute atomic E-state index is 13.3. The zero-order valence-electron chi connectivity index (χ0n) is 17.9. The molecule has 0 saturated carbocycles. The number of pyridine rings is 1. The van der Waals surface area contributed by atoms with Crippen LogP contribution in [0.25, 0.3) is 22.2 Å². The predicted molar refractivity (Wildman–Crippen MR) is 111 cm³/mol. The van der Waals surface area contributed by atoms with Crippen molar-refractivity contribution in [1.82, 2.24) is 15.2 Å². The quantitative estimate of drug-likeness (QED) is 0.477. The number of carboxylic acid groups (broad SMARTS) is 1. The number of benzene rings is 1. The molecular formula is C22H18F5N3O5. The molecule has 2 N–H and O–H groups in total. The van der Waals surface area contributed by atoms with Crippen LogP contribution in [0, 0.1) is 0 Å². The lowest BCUT2D eigenvalue weighted by molar-refractivity contribution is -0.274. The Bertz CT molecular complexity index is 1250. The molecule has 0 bridgehead atoms. The number of nitrogens with zero attached hydrogens (tertiary/aromatic N) is 2. The standard InChI is InChI=1S/C22H18F5N3O5/c23-21(24)3-5-30(6-4-21)19(31)12-1-2-16(28-10-12)13-7-14-8-15(11-29-20(32)33)34-18(14)17(9-13)35-22(25,26)27/h1-2,7-10,29H,3-6,11H2,(H,32,33). The van der Waals surface area contributed by atoms with Crippen molar-refractivity contribution in [3.8, 4) is 17.0 Å². The average molecular weight is 499 g/mol. The first-order chi connectivity index (χ1) is 16.4. The molecule has 35 heavy (non-hydrogen) atoms. The number of amides is 2. The molecule has 2 amide bonds. The molecule has 0 aliphatic carbocycles. The van der Waals surface area contributed by atoms with E-state index in [0.717, 1.165) is 6.07 Å². The van der Waals surface area contributed by atoms with Crippen molar-refractivity contribution in [3.05, 3.63) is 47.9 Å². The highest BCUT2D eigenvalue weighted by atomic mass is 19.4. The summed E-state index contributed by atoms with van der Waals surface area (Å²) in [6.45, 7) is -0.466. The monoisotopic (exact) mass is 499 g/mol. The maximum atomic E-state index is 13.3. The Labute approximate surface area is 194 Å². The first-order valence-corrected chi connectivity index (χ1v) is 10.3. The van der Waals surface area contributed by atoms with Crippen LogP contribution in [-0.4, -0.2) is 52.4 Å². The zero-order chi connectivity index (χ0) is 25.4. The molecule has 3 heterocycles. The minimum absolute atomic E-state index is 0.0626. The van der Waals surface area contributed by atoms with Gasteiger partial charge in [-0.3, -0.25) is 9.78 Å². The Morgan fingerprint density at radius 1 is 1.17 bits per heavy atom. The van der Waals surface area contributed by atoms with Gasteiger partial charge < -0.3 is 24.5 Å². The van der Waals surface area contributed by atoms with E-state index in [0.29, 0.717) is 0 Å². The van der Waals surface area contributed by atoms with Crippen molar-refractivity contribution in [2.45, 2.75) is 31.7 Å². The smallest absolute Gasteiger partial charge is 0.465 e. The van der Waals surface area contributed by atoms with Gasteiger partial charge in [0.2, 0.25) is 0 Å². The molecule has 0 spiro atoms. The number of carbonyl (C=O) groups is 2. The van der Waals surface area contributed by atoms with Crippen molar-refractivity contribution in [2.24, 2.45) is 0 Å². The van der Waals surface area contributed by atoms with Crippen LogP contribution in [0.1, 0.15) is 29.0 Å². The van der Waals surface area contributed by atoms with Crippen molar-refractivity contribution >= 4 is 23.0 Å². The Hall–Kier alpha value is -3.90. The highest BCUT2D eigenvalue weighted by Gasteiger charge is 2.36. The van der Waals surface area contributed by atoms with E-state index >= 15 is 0 Å². The SMILES string of the molecule is O=C(O)NCc1cc2cc(-c3ccc(C(=O)N4CCC(F)(F)CC4)cn3)cc(OC(F)(F)F)c2o1. The highest BCUT2D eigenvalue weighted by Crippen LogP contribution is 2.37. The number of likely N-dealkylation sites (tertiary alicyclic amines) is 1. The molecular weight excluding hydrogens is 481 g/mol. The maximum Gasteiger partial charge on any atom is 0.573 e. The number of carbonyl (C=O) groups excluding carboxylic acids is 1. The summed E-state index contributed by atoms with van der Waals surface area (Å²) in [5.74, 6) is -3.86. The van der Waals surface area contributed by atoms with Crippen LogP contribution in [0.2, 0.25) is 0 Å². The minimum Gasteiger partial charge on any atom is -0.465 e. The van der Waals surface area contributed by atoms with E-state index in [1.807, 2.05) is 0 Å². The number of fused-ring (bicyclic) bond motifs is 1. The Morgan fingerprint density at radius 2 is 1.89 bits per heavy atom. The lowest BCUT2D eigenvalue weighted by Crippen LogP contribution is -2.42. The lowest BCUT2D eigenvalue weighted by Gasteiger charge is -2.31. The van der Waals surface area contributed by atoms with E-state index in [2.05, 4.69) is 15.0 Å². The van der Waals surface area contributed by atoms with Crippen LogP contribution in [0.4, 0.5) is 26.7 Å². The van der Waals surface area contributed by atoms with Crippen LogP contribution in [0.15, 0.2) is 40.9 Å². The number of ether oxygens (including phenoxy) is 1. The molecule has 1 fully saturated rings. The molecule has 2 aromatic heterocycles. The molecule has 0 unspecified atom stereocenters. The number of hydrogen-bond acceptors (Lipinski definition) is 5. The van der Waals surface area contributed by atoms with Crippen molar-refractivity contribution in [2.75, 3.05) is 13.1 Å². The number of hydrogen-bond donors (Lipinski definition) is 2. The third-order valence-corrected chi connectivity index (χ3v) is 5.36. The summed E-state index contributed by atoms with van der Waals surface area (Å²) < 4.78 is 75.0. The largest absolute Gasteiger partial charge is 0.573 e. The number of rotatable bonds is 5. The normalized spacial score (nSPS) is 15.7. The predicted octanol–water partition coefficient (Wildman–Crippen LogP) is 5.03. The molecule has 1 aromatic carbocycles. The Morgan fingerprint density at radius 3 is 2.49 bits per heavy atom. The van der Waals surface area contributed by atoms with Gasteiger partial charge in [0.1, 0.15) is 5.76 Å². The summed E-state index contributed by atoms with van der Waals surface area (Å²) in [6, 6.07) is 6.72. The summed E-state index contributed by atoms with van der Waals surface area (Å²) in [4.78, 5) is 28.7. The number of aromatic nitrogens is 1. The number of alkyl halides is 5. The van der Waals surface area contributed by atoms with Gasteiger partial charge >= 0.3 is 12.5 Å². The molecule has 4 rings (SSSR count). The molecule has 13 heteroatoms. The Balaban J connectivity index is 1.62. The summed E-state index contributed by atoms with van der Waals surface area (Å²) in [6.07, 6.45) is -6.00. The first-order valence-electron chi connectivity index (χ1n) is 10.3. The number of piperidine rings is 1. The van der Waals surface area contributed by atoms with E-state index in [4.69, 9.17) is 9.52 Å². The molecule has 8 nitrogen and oxygen atoms in total. The first kappa shape index (κ1) is 24.2. The highest BCUT2D eigenvalue weighted by molar-refractivity contribution is 5.94. The van der Waals surface area contributed by atoms with Gasteiger partial charge in [0.25, 0.3) is 11.8 Å². The van der Waals surface area contributed by atoms with Gasteiger partial charge in [-0.1, -0.05) is 0 Å². The van der Waals surface area contributed by atoms with Crippen LogP contribution in [0.3, 0.4) is 0 Å². The van der Waals surface area contributed by atoms with E-state index in [1.54, 1.807) is 0 Å². The van der Waals surface area contributed by atoms with Gasteiger partial charge in [0, 0.05) is 43.1 Å². The minimum atomic E-state index is -5.02. The molecule has 1 aliphatic heterocycles. The molecule has 3 aromatic rings. The van der Waals surface area contributed by atoms with Gasteiger partial charge in [0.05, 0.1) is 17.8 Å². The fraction of sp³-hybridized carbons (Fsp3) is 0.318. The van der Waals surface area contributed by atoms with Crippen LogP contribution >= 0.6 is 0 Å². The van der Waals surface area contributed by atoms with Crippen LogP contribution in [-0.2, 0) is 6.54 Å². The van der Waals surface area contributed by atoms with Gasteiger partial charge in [0.15, 0.2) is 11.3 Å². The van der Waals surface area contributed by atoms with Gasteiger partial charge in [-0.2, -0.15) is 0 Å². The molecule has 1 aliphatic rings. The van der Waals surface area contributed by atoms with Crippen molar-refractivity contribution in [1.29, 1.82) is 0 Å². The second-order valence-corrected chi connectivity index (χ2v) is 7.89. The summed E-state index contributed by atoms with van der Waals surface area (Å²) >= 11 is 0. The number of halogens is 5. The van der Waals surface area contributed by atoms with Crippen LogP contribution in [0.5, 0.6) is 5.75 Å². The summed E-state index contributed by atoms with van der Waals surface area (Å²) in [5, 5.41) is 11.0. The fourth-order valence-electron chi connectivity index (χ4n) is 3.68. The van der Waals surface area contributed by atoms with Crippen molar-refractivity contribution < 1.29 is 45.8 Å². The summed E-state index contributed by atoms with van der Waals surface area (Å²) in [7, 11) is 0. The van der Waals surface area contributed by atoms with E-state index < -0.39 is 42.9 Å². The van der Waals surface area contributed by atoms with Gasteiger partial charge in [-0.05, 0) is 30.3 Å². The zero-order valence-corrected chi connectivity index (χ0v) is 17.9. The summed E-state index contributed by atoms with van der Waals surface area (Å²) in [5.41, 5.74) is 0.345. The number of nitrogens with one attached hydrogen (secondary N) is 1. The molecule has 1 saturated heterocycles. The lowest BCUT2D eigenvalue weighted by atomic mass is 10.0. The molecule has 186 valence electrons. The topological polar surface area (TPSA) is 105 Å². The van der Waals surface area contributed by atoms with E-state index in [1.165, 1.54) is 35.4 Å². The van der Waals surface area contributed by atoms with E-state index in [-0.39, 0.29) is 53.2 Å². The second-order valence-electron chi connectivity index (χ2n) is 7.89. The van der Waals surface area contributed by atoms with Gasteiger partial charge in [-0.15, -0.1) is 13.2 Å². The molecule has 0 atom stereocenters. The average Bonchev–Trinajstić information content (AvgIpc) is 3.20. The van der Waals surface area contributed by atoms with E-state index in [9.17, 15) is 31.5 Å². The number of furan rings is 1. The third-order valence-electron chi connectivity index (χ3n) is 5.36.